The predicted octanol–water partition coefficient (Wildman–Crippen LogP) is 7.20. The van der Waals surface area contributed by atoms with Gasteiger partial charge in [0.2, 0.25) is 0 Å². The van der Waals surface area contributed by atoms with E-state index in [1.165, 1.54) is 103 Å². The van der Waals surface area contributed by atoms with Crippen molar-refractivity contribution in [2.75, 3.05) is 48.5 Å². The van der Waals surface area contributed by atoms with E-state index >= 15 is 0 Å². The summed E-state index contributed by atoms with van der Waals surface area (Å²) >= 11 is 0. The van der Waals surface area contributed by atoms with Gasteiger partial charge in [-0.2, -0.15) is 0 Å². The Kier molecular flexibility index (Phi) is 19.8. The molecule has 0 rings (SSSR count). The maximum atomic E-state index is 5.53. The molecule has 5 heteroatoms. The summed E-state index contributed by atoms with van der Waals surface area (Å²) in [5.74, 6) is 0. The molecule has 0 aromatic rings. The molecule has 182 valence electrons. The van der Waals surface area contributed by atoms with Gasteiger partial charge in [0, 0.05) is 33.8 Å². The SMILES string of the molecule is CCCCCCCCCCCCCCCCC[N+](C)(C)CCC[Si](OC)(OC)OC. The Morgan fingerprint density at radius 2 is 0.833 bits per heavy atom. The summed E-state index contributed by atoms with van der Waals surface area (Å²) in [5.41, 5.74) is 0. The largest absolute Gasteiger partial charge is 0.500 e. The fraction of sp³-hybridized carbons (Fsp3) is 1.00. The number of quaternary nitrogens is 1. The van der Waals surface area contributed by atoms with Gasteiger partial charge in [-0.3, -0.25) is 0 Å². The number of unbranched alkanes of at least 4 members (excludes halogenated alkanes) is 14. The molecule has 0 saturated carbocycles. The molecule has 0 spiro atoms. The van der Waals surface area contributed by atoms with Crippen LogP contribution in [0, 0.1) is 0 Å². The topological polar surface area (TPSA) is 27.7 Å². The van der Waals surface area contributed by atoms with Gasteiger partial charge in [0.1, 0.15) is 0 Å². The highest BCUT2D eigenvalue weighted by Gasteiger charge is 2.37. The molecule has 30 heavy (non-hydrogen) atoms. The van der Waals surface area contributed by atoms with Gasteiger partial charge in [0.05, 0.1) is 27.2 Å². The third-order valence-corrected chi connectivity index (χ3v) is 9.38. The van der Waals surface area contributed by atoms with Crippen molar-refractivity contribution < 1.29 is 17.8 Å². The zero-order chi connectivity index (χ0) is 22.6. The van der Waals surface area contributed by atoms with Gasteiger partial charge in [-0.05, 0) is 12.8 Å². The van der Waals surface area contributed by atoms with Crippen molar-refractivity contribution in [3.8, 4) is 0 Å². The van der Waals surface area contributed by atoms with Crippen LogP contribution in [0.25, 0.3) is 0 Å². The zero-order valence-electron chi connectivity index (χ0n) is 21.6. The minimum absolute atomic E-state index is 0.900. The molecule has 0 aliphatic heterocycles. The molecule has 0 amide bonds. The zero-order valence-corrected chi connectivity index (χ0v) is 22.6. The Hall–Kier alpha value is 0.0569. The molecule has 0 bridgehead atoms. The Bertz CT molecular complexity index is 354. The van der Waals surface area contributed by atoms with Crippen molar-refractivity contribution in [3.05, 3.63) is 0 Å². The summed E-state index contributed by atoms with van der Waals surface area (Å²) in [7, 11) is 7.40. The number of nitrogens with zero attached hydrogens (tertiary/aromatic N) is 1. The highest BCUT2D eigenvalue weighted by atomic mass is 28.4. The summed E-state index contributed by atoms with van der Waals surface area (Å²) in [4.78, 5) is 0. The van der Waals surface area contributed by atoms with Gasteiger partial charge in [0.15, 0.2) is 0 Å². The lowest BCUT2D eigenvalue weighted by Crippen LogP contribution is -2.45. The predicted molar refractivity (Wildman–Crippen MR) is 133 cm³/mol. The lowest BCUT2D eigenvalue weighted by atomic mass is 10.0. The monoisotopic (exact) mass is 446 g/mol. The van der Waals surface area contributed by atoms with E-state index in [0.717, 1.165) is 23.5 Å². The Morgan fingerprint density at radius 1 is 0.500 bits per heavy atom. The van der Waals surface area contributed by atoms with Crippen LogP contribution in [0.15, 0.2) is 0 Å². The second kappa shape index (κ2) is 19.7. The van der Waals surface area contributed by atoms with Gasteiger partial charge >= 0.3 is 8.80 Å². The molecular weight excluding hydrogens is 390 g/mol. The fourth-order valence-electron chi connectivity index (χ4n) is 4.30. The minimum Gasteiger partial charge on any atom is -0.377 e. The highest BCUT2D eigenvalue weighted by Crippen LogP contribution is 2.17. The first-order valence-electron chi connectivity index (χ1n) is 12.9. The van der Waals surface area contributed by atoms with Crippen molar-refractivity contribution in [2.45, 2.75) is 116 Å². The molecule has 0 aromatic heterocycles. The average molecular weight is 447 g/mol. The fourth-order valence-corrected chi connectivity index (χ4v) is 6.01. The lowest BCUT2D eigenvalue weighted by Gasteiger charge is -2.31. The molecule has 0 unspecified atom stereocenters. The van der Waals surface area contributed by atoms with Crippen LogP contribution in [0.4, 0.5) is 0 Å². The van der Waals surface area contributed by atoms with E-state index < -0.39 is 8.80 Å². The third kappa shape index (κ3) is 16.7. The Morgan fingerprint density at radius 3 is 1.20 bits per heavy atom. The van der Waals surface area contributed by atoms with E-state index in [-0.39, 0.29) is 0 Å². The molecule has 0 atom stereocenters. The van der Waals surface area contributed by atoms with Crippen LogP contribution in [0.5, 0.6) is 0 Å². The minimum atomic E-state index is -2.40. The first-order chi connectivity index (χ1) is 14.4. The van der Waals surface area contributed by atoms with E-state index in [0.29, 0.717) is 0 Å². The van der Waals surface area contributed by atoms with E-state index in [1.54, 1.807) is 21.3 Å². The van der Waals surface area contributed by atoms with Gasteiger partial charge in [-0.1, -0.05) is 90.4 Å². The molecule has 0 heterocycles. The molecular formula is C25H56NO3Si+. The Balaban J connectivity index is 3.50. The molecule has 0 aliphatic carbocycles. The van der Waals surface area contributed by atoms with Crippen molar-refractivity contribution >= 4 is 8.80 Å². The first kappa shape index (κ1) is 30.1. The van der Waals surface area contributed by atoms with Crippen molar-refractivity contribution in [1.82, 2.24) is 0 Å². The van der Waals surface area contributed by atoms with E-state index in [9.17, 15) is 0 Å². The molecule has 0 aliphatic rings. The highest BCUT2D eigenvalue weighted by molar-refractivity contribution is 6.60. The van der Waals surface area contributed by atoms with Crippen molar-refractivity contribution in [1.29, 1.82) is 0 Å². The molecule has 0 fully saturated rings. The van der Waals surface area contributed by atoms with Gasteiger partial charge in [0.25, 0.3) is 0 Å². The van der Waals surface area contributed by atoms with Crippen LogP contribution in [0.2, 0.25) is 6.04 Å². The van der Waals surface area contributed by atoms with Gasteiger partial charge < -0.3 is 17.8 Å². The smallest absolute Gasteiger partial charge is 0.377 e. The van der Waals surface area contributed by atoms with Gasteiger partial charge in [-0.15, -0.1) is 0 Å². The maximum Gasteiger partial charge on any atom is 0.500 e. The van der Waals surface area contributed by atoms with E-state index in [2.05, 4.69) is 21.0 Å². The second-order valence-corrected chi connectivity index (χ2v) is 12.8. The molecule has 0 radical (unpaired) electrons. The van der Waals surface area contributed by atoms with Crippen LogP contribution in [-0.4, -0.2) is 61.8 Å². The summed E-state index contributed by atoms with van der Waals surface area (Å²) in [6.07, 6.45) is 22.5. The number of rotatable bonds is 23. The third-order valence-electron chi connectivity index (χ3n) is 6.55. The average Bonchev–Trinajstić information content (AvgIpc) is 2.74. The maximum absolute atomic E-state index is 5.53. The van der Waals surface area contributed by atoms with Crippen LogP contribution in [0.3, 0.4) is 0 Å². The molecule has 4 nitrogen and oxygen atoms in total. The van der Waals surface area contributed by atoms with Crippen LogP contribution in [-0.2, 0) is 13.3 Å². The van der Waals surface area contributed by atoms with E-state index in [1.807, 2.05) is 0 Å². The van der Waals surface area contributed by atoms with Crippen molar-refractivity contribution in [2.24, 2.45) is 0 Å². The normalized spacial score (nSPS) is 12.6. The first-order valence-corrected chi connectivity index (χ1v) is 14.9. The van der Waals surface area contributed by atoms with Gasteiger partial charge in [-0.25, -0.2) is 0 Å². The summed E-state index contributed by atoms with van der Waals surface area (Å²) < 4.78 is 17.7. The summed E-state index contributed by atoms with van der Waals surface area (Å²) in [5, 5.41) is 0. The molecule has 0 saturated heterocycles. The standard InChI is InChI=1S/C25H56NO3Si/c1-7-8-9-10-11-12-13-14-15-16-17-18-19-20-21-23-26(2,3)24-22-25-30(27-4,28-5)29-6/h7-25H2,1-6H3/q+1. The second-order valence-electron chi connectivity index (χ2n) is 9.73. The summed E-state index contributed by atoms with van der Waals surface area (Å²) in [6.45, 7) is 4.71. The molecule has 0 N–H and O–H groups in total. The summed E-state index contributed by atoms with van der Waals surface area (Å²) in [6, 6.07) is 0.900. The number of hydrogen-bond acceptors (Lipinski definition) is 3. The number of hydrogen-bond donors (Lipinski definition) is 0. The Labute approximate surface area is 191 Å². The molecule has 0 aromatic carbocycles. The van der Waals surface area contributed by atoms with Crippen LogP contribution < -0.4 is 0 Å². The van der Waals surface area contributed by atoms with Crippen LogP contribution >= 0.6 is 0 Å². The van der Waals surface area contributed by atoms with Crippen molar-refractivity contribution in [3.63, 3.8) is 0 Å². The van der Waals surface area contributed by atoms with Crippen LogP contribution in [0.1, 0.15) is 110 Å². The quantitative estimate of drug-likeness (QED) is 0.0943. The lowest BCUT2D eigenvalue weighted by molar-refractivity contribution is -0.890. The van der Waals surface area contributed by atoms with E-state index in [4.69, 9.17) is 13.3 Å².